The second-order valence-corrected chi connectivity index (χ2v) is 9.26. The van der Waals surface area contributed by atoms with Gasteiger partial charge in [0.05, 0.1) is 13.2 Å². The molecule has 0 radical (unpaired) electrons. The molecule has 0 aliphatic heterocycles. The smallest absolute Gasteiger partial charge is 0.439 e. The number of amides is 1. The van der Waals surface area contributed by atoms with Crippen LogP contribution in [-0.2, 0) is 21.8 Å². The summed E-state index contributed by atoms with van der Waals surface area (Å²) in [6.45, 7) is 6.06. The Morgan fingerprint density at radius 1 is 1.15 bits per heavy atom. The first kappa shape index (κ1) is 25.3. The molecule has 1 aromatic heterocycles. The van der Waals surface area contributed by atoms with Crippen LogP contribution in [0.1, 0.15) is 26.3 Å². The van der Waals surface area contributed by atoms with Crippen molar-refractivity contribution in [3.8, 4) is 11.1 Å². The van der Waals surface area contributed by atoms with Crippen molar-refractivity contribution < 1.29 is 14.6 Å². The summed E-state index contributed by atoms with van der Waals surface area (Å²) in [7, 11) is -0.600. The van der Waals surface area contributed by atoms with Crippen LogP contribution in [0.25, 0.3) is 11.1 Å². The van der Waals surface area contributed by atoms with Crippen molar-refractivity contribution in [3.05, 3.63) is 60.3 Å². The van der Waals surface area contributed by atoms with Gasteiger partial charge in [-0.15, -0.1) is 4.36 Å². The van der Waals surface area contributed by atoms with Crippen LogP contribution in [0, 0.1) is 0 Å². The fourth-order valence-electron chi connectivity index (χ4n) is 3.14. The van der Waals surface area contributed by atoms with Crippen LogP contribution in [0.3, 0.4) is 0 Å². The number of anilines is 3. The van der Waals surface area contributed by atoms with E-state index in [-0.39, 0.29) is 12.6 Å². The summed E-state index contributed by atoms with van der Waals surface area (Å²) in [5.74, 6) is 1.07. The lowest BCUT2D eigenvalue weighted by atomic mass is 10.0. The van der Waals surface area contributed by atoms with E-state index in [9.17, 15) is 9.90 Å². The summed E-state index contributed by atoms with van der Waals surface area (Å²) in [6, 6.07) is 15.7. The molecule has 0 bridgehead atoms. The van der Waals surface area contributed by atoms with E-state index in [1.807, 2.05) is 37.4 Å². The molecule has 0 aliphatic carbocycles. The molecule has 3 aromatic rings. The quantitative estimate of drug-likeness (QED) is 0.386. The Hall–Kier alpha value is -3.30. The van der Waals surface area contributed by atoms with Gasteiger partial charge in [-0.3, -0.25) is 0 Å². The first-order valence-electron chi connectivity index (χ1n) is 11.2. The Balaban J connectivity index is 1.82. The minimum atomic E-state index is -0.600. The summed E-state index contributed by atoms with van der Waals surface area (Å²) in [4.78, 5) is 21.7. The molecule has 0 saturated carbocycles. The van der Waals surface area contributed by atoms with Crippen molar-refractivity contribution in [3.63, 3.8) is 0 Å². The predicted octanol–water partition coefficient (Wildman–Crippen LogP) is 5.19. The molecule has 3 N–H and O–H groups in total. The second kappa shape index (κ2) is 12.2. The van der Waals surface area contributed by atoms with Gasteiger partial charge in [-0.2, -0.15) is 4.98 Å². The highest BCUT2D eigenvalue weighted by atomic mass is 32.2. The van der Waals surface area contributed by atoms with Gasteiger partial charge < -0.3 is 20.5 Å². The number of benzene rings is 2. The van der Waals surface area contributed by atoms with Crippen LogP contribution in [0.4, 0.5) is 22.2 Å². The molecule has 0 aliphatic rings. The predicted molar refractivity (Wildman–Crippen MR) is 138 cm³/mol. The standard InChI is InChI=1S/C25H31N5O3S/c1-5-18-7-9-19(10-8-18)22-15-26-24(29-23(22)27-17(3)16-31)28-20-11-13-21(14-12-20)34(4)30-25(32)33-6-2/h7-15,17,31H,5-6,16H2,1-4H3,(H2,26,27,28,29)/t17-,34?/m1/s1. The number of aliphatic hydroxyl groups is 1. The van der Waals surface area contributed by atoms with Gasteiger partial charge in [0, 0.05) is 28.4 Å². The third-order valence-corrected chi connectivity index (χ3v) is 6.43. The van der Waals surface area contributed by atoms with Crippen LogP contribution >= 0.6 is 0 Å². The fraction of sp³-hybridized carbons (Fsp3) is 0.320. The van der Waals surface area contributed by atoms with E-state index in [2.05, 4.69) is 56.2 Å². The number of nitrogens with zero attached hydrogens (tertiary/aromatic N) is 3. The van der Waals surface area contributed by atoms with Crippen molar-refractivity contribution in [1.82, 2.24) is 9.97 Å². The average Bonchev–Trinajstić information content (AvgIpc) is 2.85. The van der Waals surface area contributed by atoms with Gasteiger partial charge in [0.25, 0.3) is 0 Å². The van der Waals surface area contributed by atoms with Crippen molar-refractivity contribution in [2.45, 2.75) is 38.1 Å². The summed E-state index contributed by atoms with van der Waals surface area (Å²) >= 11 is 0. The maximum absolute atomic E-state index is 11.6. The van der Waals surface area contributed by atoms with E-state index in [0.717, 1.165) is 28.1 Å². The average molecular weight is 482 g/mol. The third kappa shape index (κ3) is 6.85. The molecule has 0 fully saturated rings. The van der Waals surface area contributed by atoms with Gasteiger partial charge in [0.1, 0.15) is 5.82 Å². The largest absolute Gasteiger partial charge is 0.448 e. The normalized spacial score (nSPS) is 12.7. The summed E-state index contributed by atoms with van der Waals surface area (Å²) in [5, 5.41) is 16.0. The van der Waals surface area contributed by atoms with Crippen molar-refractivity contribution >= 4 is 34.2 Å². The number of rotatable bonds is 9. The SMILES string of the molecule is CCOC(=O)/N=S(\C)c1ccc(Nc2ncc(-c3ccc(CC)cc3)c(N[C@H](C)CO)n2)cc1. The Morgan fingerprint density at radius 3 is 2.47 bits per heavy atom. The maximum Gasteiger partial charge on any atom is 0.439 e. The van der Waals surface area contributed by atoms with Crippen molar-refractivity contribution in [2.24, 2.45) is 4.36 Å². The van der Waals surface area contributed by atoms with Crippen molar-refractivity contribution in [2.75, 3.05) is 30.1 Å². The molecular weight excluding hydrogens is 450 g/mol. The minimum Gasteiger partial charge on any atom is -0.448 e. The van der Waals surface area contributed by atoms with E-state index in [0.29, 0.717) is 18.4 Å². The highest BCUT2D eigenvalue weighted by molar-refractivity contribution is 7.86. The topological polar surface area (TPSA) is 109 Å². The Morgan fingerprint density at radius 2 is 1.85 bits per heavy atom. The molecule has 1 amide bonds. The Bertz CT molecular complexity index is 1130. The molecule has 1 unspecified atom stereocenters. The molecular formula is C25H31N5O3S. The number of carbonyl (C=O) groups is 1. The molecule has 0 saturated heterocycles. The van der Waals surface area contributed by atoms with E-state index in [4.69, 9.17) is 4.74 Å². The molecule has 180 valence electrons. The lowest BCUT2D eigenvalue weighted by Crippen LogP contribution is -2.21. The number of hydrogen-bond donors (Lipinski definition) is 3. The Kier molecular flexibility index (Phi) is 9.12. The second-order valence-electron chi connectivity index (χ2n) is 7.65. The highest BCUT2D eigenvalue weighted by Crippen LogP contribution is 2.28. The first-order valence-corrected chi connectivity index (χ1v) is 12.8. The van der Waals surface area contributed by atoms with E-state index < -0.39 is 16.8 Å². The highest BCUT2D eigenvalue weighted by Gasteiger charge is 2.12. The number of ether oxygens (including phenoxy) is 1. The number of carbonyl (C=O) groups excluding carboxylic acids is 1. The van der Waals surface area contributed by atoms with Gasteiger partial charge in [0.15, 0.2) is 0 Å². The molecule has 0 spiro atoms. The summed E-state index contributed by atoms with van der Waals surface area (Å²) in [6.07, 6.45) is 4.07. The summed E-state index contributed by atoms with van der Waals surface area (Å²) < 4.78 is 8.93. The molecule has 2 aromatic carbocycles. The molecule has 9 heteroatoms. The number of hydrogen-bond acceptors (Lipinski definition) is 7. The number of aromatic nitrogens is 2. The van der Waals surface area contributed by atoms with Crippen LogP contribution in [-0.4, -0.2) is 46.7 Å². The van der Waals surface area contributed by atoms with E-state index in [1.54, 1.807) is 13.1 Å². The van der Waals surface area contributed by atoms with Crippen molar-refractivity contribution in [1.29, 1.82) is 0 Å². The molecule has 34 heavy (non-hydrogen) atoms. The first-order chi connectivity index (χ1) is 16.4. The third-order valence-electron chi connectivity index (χ3n) is 5.05. The minimum absolute atomic E-state index is 0.0156. The fourth-order valence-corrected chi connectivity index (χ4v) is 4.05. The zero-order valence-electron chi connectivity index (χ0n) is 19.9. The molecule has 2 atom stereocenters. The zero-order chi connectivity index (χ0) is 24.5. The van der Waals surface area contributed by atoms with E-state index >= 15 is 0 Å². The maximum atomic E-state index is 11.6. The lowest BCUT2D eigenvalue weighted by Gasteiger charge is -2.17. The van der Waals surface area contributed by atoms with Gasteiger partial charge >= 0.3 is 6.09 Å². The van der Waals surface area contributed by atoms with Gasteiger partial charge in [-0.25, -0.2) is 9.78 Å². The summed E-state index contributed by atoms with van der Waals surface area (Å²) in [5.41, 5.74) is 3.92. The lowest BCUT2D eigenvalue weighted by molar-refractivity contribution is 0.164. The molecule has 1 heterocycles. The van der Waals surface area contributed by atoms with Crippen LogP contribution in [0.2, 0.25) is 0 Å². The number of aliphatic hydroxyl groups excluding tert-OH is 1. The zero-order valence-corrected chi connectivity index (χ0v) is 20.7. The monoisotopic (exact) mass is 481 g/mol. The van der Waals surface area contributed by atoms with Crippen LogP contribution in [0.15, 0.2) is 64.0 Å². The van der Waals surface area contributed by atoms with Crippen LogP contribution in [0.5, 0.6) is 0 Å². The van der Waals surface area contributed by atoms with Crippen LogP contribution < -0.4 is 10.6 Å². The van der Waals surface area contributed by atoms with E-state index in [1.165, 1.54) is 5.56 Å². The Labute approximate surface area is 202 Å². The van der Waals surface area contributed by atoms with Gasteiger partial charge in [0.2, 0.25) is 5.95 Å². The van der Waals surface area contributed by atoms with Gasteiger partial charge in [-0.1, -0.05) is 41.9 Å². The van der Waals surface area contributed by atoms with Gasteiger partial charge in [-0.05, 0) is 61.9 Å². The molecule has 8 nitrogen and oxygen atoms in total. The molecule has 3 rings (SSSR count). The number of aryl methyl sites for hydroxylation is 1. The number of nitrogens with one attached hydrogen (secondary N) is 2.